The van der Waals surface area contributed by atoms with Crippen LogP contribution in [0.15, 0.2) is 12.2 Å². The second-order valence-corrected chi connectivity index (χ2v) is 5.28. The molecule has 0 aromatic heterocycles. The maximum Gasteiger partial charge on any atom is 0.248 e. The number of ether oxygens (including phenoxy) is 1. The fourth-order valence-corrected chi connectivity index (χ4v) is 3.16. The van der Waals surface area contributed by atoms with Gasteiger partial charge in [0.15, 0.2) is 0 Å². The van der Waals surface area contributed by atoms with Gasteiger partial charge in [-0.25, -0.2) is 0 Å². The van der Waals surface area contributed by atoms with Crippen LogP contribution in [0.4, 0.5) is 0 Å². The van der Waals surface area contributed by atoms with Gasteiger partial charge in [0, 0.05) is 26.6 Å². The Labute approximate surface area is 114 Å². The van der Waals surface area contributed by atoms with Gasteiger partial charge in [-0.05, 0) is 25.7 Å². The average Bonchev–Trinajstić information content (AvgIpc) is 3.07. The Morgan fingerprint density at radius 2 is 2.11 bits per heavy atom. The molecular formula is C14H22N2O3. The Balaban J connectivity index is 2.21. The summed E-state index contributed by atoms with van der Waals surface area (Å²) in [5, 5.41) is 2.68. The summed E-state index contributed by atoms with van der Waals surface area (Å²) in [6, 6.07) is 0. The van der Waals surface area contributed by atoms with E-state index < -0.39 is 5.54 Å². The lowest BCUT2D eigenvalue weighted by Crippen LogP contribution is -2.60. The van der Waals surface area contributed by atoms with Gasteiger partial charge in [-0.2, -0.15) is 0 Å². The standard InChI is InChI=1S/C14H22N2O3/c1-15-13(18)14(10-19-2)8-5-9-16(14)12(17)11-6-3-4-7-11/h3-4,11H,5-10H2,1-2H3,(H,15,18). The second-order valence-electron chi connectivity index (χ2n) is 5.28. The molecule has 1 unspecified atom stereocenters. The topological polar surface area (TPSA) is 58.6 Å². The van der Waals surface area contributed by atoms with Gasteiger partial charge < -0.3 is 15.0 Å². The zero-order chi connectivity index (χ0) is 13.9. The predicted octanol–water partition coefficient (Wildman–Crippen LogP) is 0.706. The van der Waals surface area contributed by atoms with Crippen LogP contribution in [0, 0.1) is 5.92 Å². The van der Waals surface area contributed by atoms with Crippen molar-refractivity contribution >= 4 is 11.8 Å². The van der Waals surface area contributed by atoms with Crippen LogP contribution < -0.4 is 5.32 Å². The van der Waals surface area contributed by atoms with Gasteiger partial charge in [-0.1, -0.05) is 12.2 Å². The first-order chi connectivity index (χ1) is 9.15. The molecule has 0 saturated carbocycles. The molecule has 0 bridgehead atoms. The van der Waals surface area contributed by atoms with Gasteiger partial charge in [0.05, 0.1) is 6.61 Å². The van der Waals surface area contributed by atoms with E-state index in [1.165, 1.54) is 0 Å². The van der Waals surface area contributed by atoms with Crippen molar-refractivity contribution in [1.29, 1.82) is 0 Å². The molecule has 1 heterocycles. The molecule has 1 saturated heterocycles. The van der Waals surface area contributed by atoms with Crippen LogP contribution in [-0.4, -0.2) is 49.6 Å². The highest BCUT2D eigenvalue weighted by molar-refractivity contribution is 5.93. The van der Waals surface area contributed by atoms with Crippen molar-refractivity contribution in [2.75, 3.05) is 27.3 Å². The number of carbonyl (C=O) groups is 2. The van der Waals surface area contributed by atoms with E-state index in [4.69, 9.17) is 4.74 Å². The van der Waals surface area contributed by atoms with Crippen LogP contribution in [-0.2, 0) is 14.3 Å². The van der Waals surface area contributed by atoms with Crippen LogP contribution in [0.2, 0.25) is 0 Å². The normalized spacial score (nSPS) is 26.9. The first-order valence-corrected chi connectivity index (χ1v) is 6.83. The molecule has 1 atom stereocenters. The minimum Gasteiger partial charge on any atom is -0.382 e. The minimum absolute atomic E-state index is 0.000938. The molecule has 0 spiro atoms. The van der Waals surface area contributed by atoms with E-state index in [1.54, 1.807) is 19.1 Å². The zero-order valence-corrected chi connectivity index (χ0v) is 11.6. The van der Waals surface area contributed by atoms with Gasteiger partial charge in [0.1, 0.15) is 5.54 Å². The van der Waals surface area contributed by atoms with Crippen molar-refractivity contribution in [3.8, 4) is 0 Å². The van der Waals surface area contributed by atoms with Crippen LogP contribution >= 0.6 is 0 Å². The van der Waals surface area contributed by atoms with Gasteiger partial charge in [-0.3, -0.25) is 9.59 Å². The quantitative estimate of drug-likeness (QED) is 0.762. The molecule has 2 amide bonds. The highest BCUT2D eigenvalue weighted by Gasteiger charge is 2.50. The van der Waals surface area contributed by atoms with Crippen LogP contribution in [0.1, 0.15) is 25.7 Å². The molecule has 1 aliphatic heterocycles. The van der Waals surface area contributed by atoms with Gasteiger partial charge in [-0.15, -0.1) is 0 Å². The largest absolute Gasteiger partial charge is 0.382 e. The van der Waals surface area contributed by atoms with Gasteiger partial charge in [0.25, 0.3) is 0 Å². The fourth-order valence-electron chi connectivity index (χ4n) is 3.16. The summed E-state index contributed by atoms with van der Waals surface area (Å²) in [5.41, 5.74) is -0.816. The number of carbonyl (C=O) groups excluding carboxylic acids is 2. The Hall–Kier alpha value is -1.36. The second kappa shape index (κ2) is 5.74. The zero-order valence-electron chi connectivity index (χ0n) is 11.6. The summed E-state index contributed by atoms with van der Waals surface area (Å²) in [6.45, 7) is 0.907. The van der Waals surface area contributed by atoms with Crippen molar-refractivity contribution in [2.45, 2.75) is 31.2 Å². The van der Waals surface area contributed by atoms with Crippen molar-refractivity contribution in [3.63, 3.8) is 0 Å². The monoisotopic (exact) mass is 266 g/mol. The average molecular weight is 266 g/mol. The molecule has 1 aliphatic carbocycles. The first-order valence-electron chi connectivity index (χ1n) is 6.83. The number of amides is 2. The number of nitrogens with zero attached hydrogens (tertiary/aromatic N) is 1. The summed E-state index contributed by atoms with van der Waals surface area (Å²) in [4.78, 5) is 26.6. The molecule has 19 heavy (non-hydrogen) atoms. The van der Waals surface area contributed by atoms with Crippen LogP contribution in [0.3, 0.4) is 0 Å². The van der Waals surface area contributed by atoms with Crippen molar-refractivity contribution < 1.29 is 14.3 Å². The number of likely N-dealkylation sites (tertiary alicyclic amines) is 1. The summed E-state index contributed by atoms with van der Waals surface area (Å²) < 4.78 is 5.22. The maximum atomic E-state index is 12.6. The molecule has 1 N–H and O–H groups in total. The van der Waals surface area contributed by atoms with E-state index in [1.807, 2.05) is 12.2 Å². The third-order valence-corrected chi connectivity index (χ3v) is 4.14. The molecule has 0 aromatic carbocycles. The van der Waals surface area contributed by atoms with E-state index in [2.05, 4.69) is 5.32 Å². The minimum atomic E-state index is -0.816. The number of rotatable bonds is 4. The number of allylic oxidation sites excluding steroid dienone is 2. The van der Waals surface area contributed by atoms with Crippen LogP contribution in [0.5, 0.6) is 0 Å². The Bertz CT molecular complexity index is 386. The lowest BCUT2D eigenvalue weighted by molar-refractivity contribution is -0.150. The number of methoxy groups -OCH3 is 1. The number of hydrogen-bond acceptors (Lipinski definition) is 3. The molecule has 5 nitrogen and oxygen atoms in total. The summed E-state index contributed by atoms with van der Waals surface area (Å²) in [7, 11) is 3.18. The third-order valence-electron chi connectivity index (χ3n) is 4.14. The van der Waals surface area contributed by atoms with E-state index in [9.17, 15) is 9.59 Å². The molecular weight excluding hydrogens is 244 g/mol. The number of likely N-dealkylation sites (N-methyl/N-ethyl adjacent to an activating group) is 1. The van der Waals surface area contributed by atoms with E-state index in [0.29, 0.717) is 13.0 Å². The lowest BCUT2D eigenvalue weighted by atomic mass is 9.94. The lowest BCUT2D eigenvalue weighted by Gasteiger charge is -2.37. The SMILES string of the molecule is CNC(=O)C1(COC)CCCN1C(=O)C1CC=CC1. The molecule has 1 fully saturated rings. The predicted molar refractivity (Wildman–Crippen MR) is 71.5 cm³/mol. The highest BCUT2D eigenvalue weighted by Crippen LogP contribution is 2.33. The van der Waals surface area contributed by atoms with Crippen molar-refractivity contribution in [3.05, 3.63) is 12.2 Å². The van der Waals surface area contributed by atoms with E-state index >= 15 is 0 Å². The van der Waals surface area contributed by atoms with Crippen molar-refractivity contribution in [2.24, 2.45) is 5.92 Å². The molecule has 0 radical (unpaired) electrons. The summed E-state index contributed by atoms with van der Waals surface area (Å²) in [5.74, 6) is -0.0340. The fraction of sp³-hybridized carbons (Fsp3) is 0.714. The smallest absolute Gasteiger partial charge is 0.248 e. The molecule has 5 heteroatoms. The summed E-state index contributed by atoms with van der Waals surface area (Å²) >= 11 is 0. The molecule has 0 aromatic rings. The molecule has 106 valence electrons. The Morgan fingerprint density at radius 3 is 2.68 bits per heavy atom. The maximum absolute atomic E-state index is 12.6. The third kappa shape index (κ3) is 2.39. The molecule has 2 aliphatic rings. The van der Waals surface area contributed by atoms with E-state index in [-0.39, 0.29) is 24.3 Å². The van der Waals surface area contributed by atoms with E-state index in [0.717, 1.165) is 19.3 Å². The highest BCUT2D eigenvalue weighted by atomic mass is 16.5. The number of hydrogen-bond donors (Lipinski definition) is 1. The molecule has 2 rings (SSSR count). The van der Waals surface area contributed by atoms with Crippen LogP contribution in [0.25, 0.3) is 0 Å². The van der Waals surface area contributed by atoms with Gasteiger partial charge in [0.2, 0.25) is 11.8 Å². The Kier molecular flexibility index (Phi) is 4.24. The summed E-state index contributed by atoms with van der Waals surface area (Å²) in [6.07, 6.45) is 7.17. The van der Waals surface area contributed by atoms with Crippen molar-refractivity contribution in [1.82, 2.24) is 10.2 Å². The number of nitrogens with one attached hydrogen (secondary N) is 1. The van der Waals surface area contributed by atoms with Gasteiger partial charge >= 0.3 is 0 Å². The first kappa shape index (κ1) is 14.1. The Morgan fingerprint density at radius 1 is 1.42 bits per heavy atom.